The minimum Gasteiger partial charge on any atom is -0.274 e. The second kappa shape index (κ2) is 9.71. The number of benzene rings is 1. The van der Waals surface area contributed by atoms with Crippen molar-refractivity contribution in [2.45, 2.75) is 24.3 Å². The number of halogens is 2. The number of rotatable bonds is 9. The Morgan fingerprint density at radius 2 is 2.04 bits per heavy atom. The molecule has 2 N–H and O–H groups in total. The predicted octanol–water partition coefficient (Wildman–Crippen LogP) is 2.46. The van der Waals surface area contributed by atoms with Crippen LogP contribution in [0.5, 0.6) is 0 Å². The molecule has 1 amide bonds. The van der Waals surface area contributed by atoms with Crippen molar-refractivity contribution in [2.24, 2.45) is 0 Å². The van der Waals surface area contributed by atoms with E-state index in [2.05, 4.69) is 10.2 Å². The van der Waals surface area contributed by atoms with Gasteiger partial charge in [-0.25, -0.2) is 13.9 Å². The first-order chi connectivity index (χ1) is 10.8. The first-order valence-electron chi connectivity index (χ1n) is 6.69. The summed E-state index contributed by atoms with van der Waals surface area (Å²) in [5.74, 6) is 0.0539. The van der Waals surface area contributed by atoms with Gasteiger partial charge in [-0.1, -0.05) is 23.2 Å². The Hall–Kier alpha value is -0.510. The molecule has 1 aromatic carbocycles. The first kappa shape index (κ1) is 20.5. The number of carbonyl (C=O) groups excluding carboxylic acids is 1. The van der Waals surface area contributed by atoms with Gasteiger partial charge in [0, 0.05) is 0 Å². The lowest BCUT2D eigenvalue weighted by Gasteiger charge is -2.18. The van der Waals surface area contributed by atoms with E-state index in [0.29, 0.717) is 12.2 Å². The third-order valence-corrected chi connectivity index (χ3v) is 5.60. The molecule has 23 heavy (non-hydrogen) atoms. The molecule has 0 saturated heterocycles. The summed E-state index contributed by atoms with van der Waals surface area (Å²) >= 11 is 13.1. The van der Waals surface area contributed by atoms with Crippen molar-refractivity contribution in [1.29, 1.82) is 0 Å². The molecule has 0 heterocycles. The topological polar surface area (TPSA) is 84.5 Å². The van der Waals surface area contributed by atoms with Gasteiger partial charge in [-0.05, 0) is 43.6 Å². The van der Waals surface area contributed by atoms with E-state index in [9.17, 15) is 13.2 Å². The number of thioether (sulfide) groups is 1. The van der Waals surface area contributed by atoms with Crippen molar-refractivity contribution in [3.8, 4) is 0 Å². The van der Waals surface area contributed by atoms with Gasteiger partial charge in [-0.3, -0.25) is 9.63 Å². The highest BCUT2D eigenvalue weighted by molar-refractivity contribution is 7.98. The third-order valence-electron chi connectivity index (χ3n) is 2.74. The van der Waals surface area contributed by atoms with Gasteiger partial charge in [0.15, 0.2) is 0 Å². The molecule has 0 fully saturated rings. The van der Waals surface area contributed by atoms with Gasteiger partial charge in [0.1, 0.15) is 6.04 Å². The molecule has 1 aromatic rings. The van der Waals surface area contributed by atoms with E-state index >= 15 is 0 Å². The van der Waals surface area contributed by atoms with Gasteiger partial charge in [-0.2, -0.15) is 16.5 Å². The SMILES string of the molecule is CCONC(=O)C(CCSC)NS(=O)(=O)c1ccc(Cl)c(Cl)c1. The highest BCUT2D eigenvalue weighted by atomic mass is 35.5. The smallest absolute Gasteiger partial charge is 0.261 e. The Morgan fingerprint density at radius 1 is 1.35 bits per heavy atom. The van der Waals surface area contributed by atoms with Crippen LogP contribution in [0.1, 0.15) is 13.3 Å². The standard InChI is InChI=1S/C13H18Cl2N2O4S2/c1-3-21-16-13(18)12(6-7-22-2)17-23(19,20)9-4-5-10(14)11(15)8-9/h4-5,8,12,17H,3,6-7H2,1-2H3,(H,16,18). The fourth-order valence-electron chi connectivity index (χ4n) is 1.59. The molecule has 0 aliphatic carbocycles. The number of hydrogen-bond donors (Lipinski definition) is 2. The Labute approximate surface area is 150 Å². The fourth-order valence-corrected chi connectivity index (χ4v) is 3.68. The molecule has 6 nitrogen and oxygen atoms in total. The lowest BCUT2D eigenvalue weighted by atomic mass is 10.2. The quantitative estimate of drug-likeness (QED) is 0.621. The zero-order chi connectivity index (χ0) is 17.5. The van der Waals surface area contributed by atoms with Crippen LogP contribution in [-0.4, -0.2) is 39.0 Å². The van der Waals surface area contributed by atoms with Crippen LogP contribution in [0.4, 0.5) is 0 Å². The second-order valence-corrected chi connectivity index (χ2v) is 7.94. The maximum absolute atomic E-state index is 12.4. The largest absolute Gasteiger partial charge is 0.274 e. The number of sulfonamides is 1. The van der Waals surface area contributed by atoms with Crippen molar-refractivity contribution in [3.63, 3.8) is 0 Å². The van der Waals surface area contributed by atoms with Crippen LogP contribution in [0, 0.1) is 0 Å². The first-order valence-corrected chi connectivity index (χ1v) is 10.3. The monoisotopic (exact) mass is 400 g/mol. The molecular formula is C13H18Cl2N2O4S2. The molecule has 0 aromatic heterocycles. The average molecular weight is 401 g/mol. The van der Waals surface area contributed by atoms with Gasteiger partial charge in [0.05, 0.1) is 21.5 Å². The van der Waals surface area contributed by atoms with Crippen LogP contribution in [0.3, 0.4) is 0 Å². The number of carbonyl (C=O) groups is 1. The molecule has 0 bridgehead atoms. The highest BCUT2D eigenvalue weighted by Crippen LogP contribution is 2.25. The van der Waals surface area contributed by atoms with E-state index in [0.717, 1.165) is 0 Å². The van der Waals surface area contributed by atoms with E-state index in [1.54, 1.807) is 6.92 Å². The Bertz CT molecular complexity index is 641. The van der Waals surface area contributed by atoms with Crippen molar-refractivity contribution in [2.75, 3.05) is 18.6 Å². The maximum Gasteiger partial charge on any atom is 0.261 e. The molecule has 130 valence electrons. The normalized spacial score (nSPS) is 12.9. The molecule has 1 unspecified atom stereocenters. The molecule has 0 aliphatic rings. The molecule has 0 spiro atoms. The third kappa shape index (κ3) is 6.48. The zero-order valence-corrected chi connectivity index (χ0v) is 15.8. The van der Waals surface area contributed by atoms with Gasteiger partial charge in [-0.15, -0.1) is 0 Å². The summed E-state index contributed by atoms with van der Waals surface area (Å²) < 4.78 is 27.2. The highest BCUT2D eigenvalue weighted by Gasteiger charge is 2.26. The predicted molar refractivity (Wildman–Crippen MR) is 93.3 cm³/mol. The van der Waals surface area contributed by atoms with Gasteiger partial charge in [0.25, 0.3) is 5.91 Å². The van der Waals surface area contributed by atoms with Crippen LogP contribution < -0.4 is 10.2 Å². The lowest BCUT2D eigenvalue weighted by molar-refractivity contribution is -0.134. The van der Waals surface area contributed by atoms with Crippen LogP contribution >= 0.6 is 35.0 Å². The number of amides is 1. The van der Waals surface area contributed by atoms with E-state index in [4.69, 9.17) is 28.0 Å². The Morgan fingerprint density at radius 3 is 2.61 bits per heavy atom. The van der Waals surface area contributed by atoms with Crippen molar-refractivity contribution in [1.82, 2.24) is 10.2 Å². The van der Waals surface area contributed by atoms with Crippen LogP contribution in [0.15, 0.2) is 23.1 Å². The van der Waals surface area contributed by atoms with Crippen molar-refractivity contribution >= 4 is 50.9 Å². The number of nitrogens with one attached hydrogen (secondary N) is 2. The Balaban J connectivity index is 2.94. The van der Waals surface area contributed by atoms with Crippen molar-refractivity contribution in [3.05, 3.63) is 28.2 Å². The van der Waals surface area contributed by atoms with Gasteiger partial charge >= 0.3 is 0 Å². The number of hydrogen-bond acceptors (Lipinski definition) is 5. The molecule has 0 aliphatic heterocycles. The average Bonchev–Trinajstić information content (AvgIpc) is 2.51. The van der Waals surface area contributed by atoms with Crippen LogP contribution in [-0.2, 0) is 19.7 Å². The number of hydroxylamine groups is 1. The van der Waals surface area contributed by atoms with E-state index < -0.39 is 22.0 Å². The van der Waals surface area contributed by atoms with Gasteiger partial charge < -0.3 is 0 Å². The second-order valence-electron chi connectivity index (χ2n) is 4.43. The van der Waals surface area contributed by atoms with Crippen LogP contribution in [0.2, 0.25) is 10.0 Å². The fraction of sp³-hybridized carbons (Fsp3) is 0.462. The molecule has 1 atom stereocenters. The molecule has 0 radical (unpaired) electrons. The molecular weight excluding hydrogens is 383 g/mol. The minimum atomic E-state index is -3.92. The summed E-state index contributed by atoms with van der Waals surface area (Å²) in [5.41, 5.74) is 2.21. The summed E-state index contributed by atoms with van der Waals surface area (Å²) in [6.45, 7) is 1.98. The van der Waals surface area contributed by atoms with Gasteiger partial charge in [0.2, 0.25) is 10.0 Å². The summed E-state index contributed by atoms with van der Waals surface area (Å²) in [6, 6.07) is 2.99. The minimum absolute atomic E-state index is 0.0646. The summed E-state index contributed by atoms with van der Waals surface area (Å²) in [6.07, 6.45) is 2.19. The Kier molecular flexibility index (Phi) is 8.66. The molecule has 1 rings (SSSR count). The van der Waals surface area contributed by atoms with E-state index in [1.807, 2.05) is 6.26 Å². The van der Waals surface area contributed by atoms with E-state index in [1.165, 1.54) is 30.0 Å². The van der Waals surface area contributed by atoms with E-state index in [-0.39, 0.29) is 21.5 Å². The summed E-state index contributed by atoms with van der Waals surface area (Å²) in [7, 11) is -3.92. The summed E-state index contributed by atoms with van der Waals surface area (Å²) in [4.78, 5) is 16.8. The maximum atomic E-state index is 12.4. The molecule has 10 heteroatoms. The van der Waals surface area contributed by atoms with Crippen molar-refractivity contribution < 1.29 is 18.0 Å². The molecule has 0 saturated carbocycles. The van der Waals surface area contributed by atoms with Crippen LogP contribution in [0.25, 0.3) is 0 Å². The zero-order valence-electron chi connectivity index (χ0n) is 12.6. The summed E-state index contributed by atoms with van der Waals surface area (Å²) in [5, 5.41) is 0.368. The lowest BCUT2D eigenvalue weighted by Crippen LogP contribution is -2.47.